The number of para-hydroxylation sites is 1. The number of aromatic nitrogens is 1. The monoisotopic (exact) mass is 418 g/mol. The molecular formula is C21H30N4O3S. The van der Waals surface area contributed by atoms with E-state index in [1.54, 1.807) is 30.1 Å². The van der Waals surface area contributed by atoms with Gasteiger partial charge in [0.05, 0.1) is 11.4 Å². The number of nitrogens with zero attached hydrogens (tertiary/aromatic N) is 3. The van der Waals surface area contributed by atoms with Gasteiger partial charge in [-0.1, -0.05) is 39.0 Å². The fourth-order valence-electron chi connectivity index (χ4n) is 3.55. The molecule has 1 aliphatic rings. The van der Waals surface area contributed by atoms with Crippen LogP contribution in [0.2, 0.25) is 0 Å². The van der Waals surface area contributed by atoms with Crippen LogP contribution in [0.15, 0.2) is 47.6 Å². The van der Waals surface area contributed by atoms with Crippen LogP contribution < -0.4 is 5.32 Å². The van der Waals surface area contributed by atoms with Gasteiger partial charge in [-0.15, -0.1) is 0 Å². The average Bonchev–Trinajstić information content (AvgIpc) is 3.09. The van der Waals surface area contributed by atoms with Gasteiger partial charge in [-0.3, -0.25) is 9.69 Å². The van der Waals surface area contributed by atoms with E-state index in [1.807, 2.05) is 29.2 Å². The van der Waals surface area contributed by atoms with Gasteiger partial charge in [-0.2, -0.15) is 4.31 Å². The van der Waals surface area contributed by atoms with Crippen molar-refractivity contribution in [3.63, 3.8) is 0 Å². The average molecular weight is 419 g/mol. The molecule has 1 aromatic carbocycles. The van der Waals surface area contributed by atoms with Crippen LogP contribution in [0.25, 0.3) is 0 Å². The van der Waals surface area contributed by atoms with Gasteiger partial charge in [0.25, 0.3) is 0 Å². The Bertz CT molecular complexity index is 968. The Hall–Kier alpha value is -2.16. The molecule has 0 atom stereocenters. The molecule has 0 saturated carbocycles. The SMILES string of the molecule is Cn1ccc(S(=O)(=O)N2CCN(CC(=O)Nc3ccccc3C(C)(C)C)CC2)c1. The lowest BCUT2D eigenvalue weighted by atomic mass is 9.86. The summed E-state index contributed by atoms with van der Waals surface area (Å²) in [5.74, 6) is -0.0823. The molecule has 158 valence electrons. The zero-order chi connectivity index (χ0) is 21.2. The predicted molar refractivity (Wildman–Crippen MR) is 114 cm³/mol. The van der Waals surface area contributed by atoms with E-state index in [-0.39, 0.29) is 17.9 Å². The highest BCUT2D eigenvalue weighted by atomic mass is 32.2. The number of rotatable bonds is 5. The molecule has 0 aliphatic carbocycles. The van der Waals surface area contributed by atoms with Gasteiger partial charge in [0.1, 0.15) is 0 Å². The molecule has 1 fully saturated rings. The summed E-state index contributed by atoms with van der Waals surface area (Å²) in [7, 11) is -1.68. The molecule has 3 rings (SSSR count). The molecule has 2 heterocycles. The second-order valence-electron chi connectivity index (χ2n) is 8.54. The smallest absolute Gasteiger partial charge is 0.244 e. The number of nitrogens with one attached hydrogen (secondary N) is 1. The van der Waals surface area contributed by atoms with Crippen molar-refractivity contribution >= 4 is 21.6 Å². The van der Waals surface area contributed by atoms with Gasteiger partial charge < -0.3 is 9.88 Å². The van der Waals surface area contributed by atoms with E-state index in [9.17, 15) is 13.2 Å². The van der Waals surface area contributed by atoms with Gasteiger partial charge in [-0.05, 0) is 23.1 Å². The molecule has 29 heavy (non-hydrogen) atoms. The van der Waals surface area contributed by atoms with Crippen molar-refractivity contribution in [1.82, 2.24) is 13.8 Å². The first-order valence-electron chi connectivity index (χ1n) is 9.81. The Morgan fingerprint density at radius 1 is 1.07 bits per heavy atom. The maximum Gasteiger partial charge on any atom is 0.244 e. The number of hydrogen-bond donors (Lipinski definition) is 1. The van der Waals surface area contributed by atoms with Gasteiger partial charge >= 0.3 is 0 Å². The number of benzene rings is 1. The molecule has 7 nitrogen and oxygen atoms in total. The summed E-state index contributed by atoms with van der Waals surface area (Å²) < 4.78 is 28.7. The zero-order valence-corrected chi connectivity index (χ0v) is 18.4. The number of amides is 1. The predicted octanol–water partition coefficient (Wildman–Crippen LogP) is 2.27. The minimum Gasteiger partial charge on any atom is -0.356 e. The van der Waals surface area contributed by atoms with Crippen LogP contribution in [0.5, 0.6) is 0 Å². The largest absolute Gasteiger partial charge is 0.356 e. The lowest BCUT2D eigenvalue weighted by molar-refractivity contribution is -0.117. The molecular weight excluding hydrogens is 388 g/mol. The van der Waals surface area contributed by atoms with Crippen molar-refractivity contribution < 1.29 is 13.2 Å². The molecule has 1 amide bonds. The van der Waals surface area contributed by atoms with E-state index in [1.165, 1.54) is 4.31 Å². The summed E-state index contributed by atoms with van der Waals surface area (Å²) in [4.78, 5) is 14.9. The third-order valence-corrected chi connectivity index (χ3v) is 7.03. The van der Waals surface area contributed by atoms with Crippen molar-refractivity contribution in [1.29, 1.82) is 0 Å². The highest BCUT2D eigenvalue weighted by Gasteiger charge is 2.29. The number of sulfonamides is 1. The van der Waals surface area contributed by atoms with Crippen molar-refractivity contribution in [3.8, 4) is 0 Å². The molecule has 1 aromatic heterocycles. The lowest BCUT2D eigenvalue weighted by Crippen LogP contribution is -2.50. The molecule has 1 saturated heterocycles. The van der Waals surface area contributed by atoms with Crippen LogP contribution >= 0.6 is 0 Å². The summed E-state index contributed by atoms with van der Waals surface area (Å²) in [6.07, 6.45) is 3.34. The first-order chi connectivity index (χ1) is 13.6. The van der Waals surface area contributed by atoms with Crippen molar-refractivity contribution in [2.75, 3.05) is 38.0 Å². The Morgan fingerprint density at radius 2 is 1.72 bits per heavy atom. The molecule has 1 aliphatic heterocycles. The molecule has 0 unspecified atom stereocenters. The second kappa shape index (κ2) is 8.30. The summed E-state index contributed by atoms with van der Waals surface area (Å²) in [6, 6.07) is 9.45. The quantitative estimate of drug-likeness (QED) is 0.808. The van der Waals surface area contributed by atoms with Gasteiger partial charge in [0.2, 0.25) is 15.9 Å². The highest BCUT2D eigenvalue weighted by molar-refractivity contribution is 7.89. The highest BCUT2D eigenvalue weighted by Crippen LogP contribution is 2.29. The summed E-state index contributed by atoms with van der Waals surface area (Å²) in [6.45, 7) is 8.41. The van der Waals surface area contributed by atoms with Crippen LogP contribution in [0.3, 0.4) is 0 Å². The van der Waals surface area contributed by atoms with Crippen LogP contribution in [0, 0.1) is 0 Å². The maximum atomic E-state index is 12.7. The van der Waals surface area contributed by atoms with Crippen molar-refractivity contribution in [3.05, 3.63) is 48.3 Å². The van der Waals surface area contributed by atoms with Crippen LogP contribution in [0.4, 0.5) is 5.69 Å². The Labute approximate surface area is 173 Å². The first-order valence-corrected chi connectivity index (χ1v) is 11.3. The molecule has 0 radical (unpaired) electrons. The Kier molecular flexibility index (Phi) is 6.16. The van der Waals surface area contributed by atoms with Crippen LogP contribution in [-0.2, 0) is 27.3 Å². The lowest BCUT2D eigenvalue weighted by Gasteiger charge is -2.33. The summed E-state index contributed by atoms with van der Waals surface area (Å²) in [5.41, 5.74) is 1.85. The van der Waals surface area contributed by atoms with E-state index in [2.05, 4.69) is 26.1 Å². The molecule has 8 heteroatoms. The zero-order valence-electron chi connectivity index (χ0n) is 17.6. The van der Waals surface area contributed by atoms with E-state index in [0.29, 0.717) is 31.1 Å². The number of carbonyl (C=O) groups is 1. The number of piperazine rings is 1. The number of carbonyl (C=O) groups excluding carboxylic acids is 1. The van der Waals surface area contributed by atoms with E-state index in [4.69, 9.17) is 0 Å². The summed E-state index contributed by atoms with van der Waals surface area (Å²) in [5, 5.41) is 3.02. The van der Waals surface area contributed by atoms with E-state index < -0.39 is 10.0 Å². The maximum absolute atomic E-state index is 12.7. The Balaban J connectivity index is 1.57. The Morgan fingerprint density at radius 3 is 2.31 bits per heavy atom. The minimum absolute atomic E-state index is 0.0682. The standard InChI is InChI=1S/C21H30N4O3S/c1-21(2,3)18-7-5-6-8-19(18)22-20(26)16-24-11-13-25(14-12-24)29(27,28)17-9-10-23(4)15-17/h5-10,15H,11-14,16H2,1-4H3,(H,22,26). The fraction of sp³-hybridized carbons (Fsp3) is 0.476. The van der Waals surface area contributed by atoms with Crippen LogP contribution in [-0.4, -0.2) is 60.8 Å². The minimum atomic E-state index is -3.48. The summed E-state index contributed by atoms with van der Waals surface area (Å²) >= 11 is 0. The van der Waals surface area contributed by atoms with Crippen molar-refractivity contribution in [2.45, 2.75) is 31.1 Å². The number of anilines is 1. The third-order valence-electron chi connectivity index (χ3n) is 5.15. The fourth-order valence-corrected chi connectivity index (χ4v) is 5.02. The van der Waals surface area contributed by atoms with E-state index in [0.717, 1.165) is 11.3 Å². The van der Waals surface area contributed by atoms with Crippen molar-refractivity contribution in [2.24, 2.45) is 7.05 Å². The number of hydrogen-bond acceptors (Lipinski definition) is 4. The number of aryl methyl sites for hydroxylation is 1. The van der Waals surface area contributed by atoms with Gasteiger partial charge in [0, 0.05) is 51.3 Å². The second-order valence-corrected chi connectivity index (χ2v) is 10.5. The molecule has 2 aromatic rings. The first kappa shape index (κ1) is 21.5. The molecule has 0 spiro atoms. The molecule has 1 N–H and O–H groups in total. The van der Waals surface area contributed by atoms with Gasteiger partial charge in [0.15, 0.2) is 0 Å². The van der Waals surface area contributed by atoms with Crippen LogP contribution in [0.1, 0.15) is 26.3 Å². The van der Waals surface area contributed by atoms with Gasteiger partial charge in [-0.25, -0.2) is 8.42 Å². The third kappa shape index (κ3) is 5.07. The topological polar surface area (TPSA) is 74.7 Å². The molecule has 0 bridgehead atoms. The van der Waals surface area contributed by atoms with E-state index >= 15 is 0 Å². The normalized spacial score (nSPS) is 16.7.